The van der Waals surface area contributed by atoms with Crippen LogP contribution in [0.1, 0.15) is 105 Å². The minimum absolute atomic E-state index is 0.0595. The zero-order valence-electron chi connectivity index (χ0n) is 19.8. The summed E-state index contributed by atoms with van der Waals surface area (Å²) in [5.74, 6) is 4.84. The van der Waals surface area contributed by atoms with Crippen molar-refractivity contribution >= 4 is 0 Å². The van der Waals surface area contributed by atoms with Gasteiger partial charge in [-0.1, -0.05) is 53.9 Å². The number of epoxide rings is 1. The fourth-order valence-corrected chi connectivity index (χ4v) is 9.65. The molecule has 2 nitrogen and oxygen atoms in total. The average Bonchev–Trinajstić information content (AvgIpc) is 3.22. The van der Waals surface area contributed by atoms with Gasteiger partial charge < -0.3 is 9.84 Å². The Morgan fingerprint density at radius 3 is 2.38 bits per heavy atom. The molecule has 1 spiro atoms. The van der Waals surface area contributed by atoms with Crippen LogP contribution in [0, 0.1) is 46.3 Å². The first kappa shape index (κ1) is 20.8. The van der Waals surface area contributed by atoms with Crippen LogP contribution in [-0.2, 0) is 4.74 Å². The van der Waals surface area contributed by atoms with Gasteiger partial charge in [0.05, 0.1) is 12.2 Å². The number of hydrogen-bond acceptors (Lipinski definition) is 2. The average molecular weight is 403 g/mol. The highest BCUT2D eigenvalue weighted by atomic mass is 16.6. The molecule has 0 aromatic carbocycles. The molecule has 166 valence electrons. The molecule has 10 atom stereocenters. The molecule has 0 aromatic rings. The summed E-state index contributed by atoms with van der Waals surface area (Å²) in [5.41, 5.74) is 1.13. The lowest BCUT2D eigenvalue weighted by Crippen LogP contribution is -2.59. The molecule has 0 aromatic heterocycles. The third kappa shape index (κ3) is 2.94. The Bertz CT molecular complexity index is 630. The molecule has 1 saturated heterocycles. The normalized spacial score (nSPS) is 54.3. The monoisotopic (exact) mass is 402 g/mol. The molecule has 4 saturated carbocycles. The van der Waals surface area contributed by atoms with Crippen molar-refractivity contribution in [2.24, 2.45) is 46.3 Å². The predicted molar refractivity (Wildman–Crippen MR) is 119 cm³/mol. The molecule has 1 aliphatic heterocycles. The molecule has 10 unspecified atom stereocenters. The highest BCUT2D eigenvalue weighted by Gasteiger charge is 2.78. The van der Waals surface area contributed by atoms with E-state index in [1.54, 1.807) is 0 Å². The number of fused-ring (bicyclic) bond motifs is 3. The fraction of sp³-hybridized carbons (Fsp3) is 1.00. The first-order valence-electron chi connectivity index (χ1n) is 13.1. The molecule has 1 heterocycles. The van der Waals surface area contributed by atoms with E-state index in [2.05, 4.69) is 34.6 Å². The standard InChI is InChI=1S/C27H46O2/c1-17(2)7-6-8-18(3)21-9-10-22-26(21,5)14-12-23-25(4)13-11-20(28)15-19(25)16-24-27(22,23)29-24/h17-24,28H,6-16H2,1-5H3. The Kier molecular flexibility index (Phi) is 4.99. The van der Waals surface area contributed by atoms with Gasteiger partial charge in [0.2, 0.25) is 0 Å². The zero-order valence-corrected chi connectivity index (χ0v) is 19.8. The van der Waals surface area contributed by atoms with Crippen molar-refractivity contribution in [2.75, 3.05) is 0 Å². The second-order valence-corrected chi connectivity index (χ2v) is 13.0. The third-order valence-corrected chi connectivity index (χ3v) is 11.2. The van der Waals surface area contributed by atoms with Crippen molar-refractivity contribution in [1.82, 2.24) is 0 Å². The molecule has 2 heteroatoms. The third-order valence-electron chi connectivity index (χ3n) is 11.2. The van der Waals surface area contributed by atoms with Crippen LogP contribution >= 0.6 is 0 Å². The van der Waals surface area contributed by atoms with Crippen LogP contribution in [0.4, 0.5) is 0 Å². The minimum atomic E-state index is -0.0595. The van der Waals surface area contributed by atoms with Gasteiger partial charge in [-0.05, 0) is 97.7 Å². The predicted octanol–water partition coefficient (Wildman–Crippen LogP) is 6.60. The van der Waals surface area contributed by atoms with Crippen molar-refractivity contribution in [1.29, 1.82) is 0 Å². The summed E-state index contributed by atoms with van der Waals surface area (Å²) >= 11 is 0. The maximum atomic E-state index is 10.3. The summed E-state index contributed by atoms with van der Waals surface area (Å²) in [6, 6.07) is 0. The number of rotatable bonds is 5. The van der Waals surface area contributed by atoms with Crippen LogP contribution < -0.4 is 0 Å². The van der Waals surface area contributed by atoms with E-state index >= 15 is 0 Å². The van der Waals surface area contributed by atoms with Crippen molar-refractivity contribution in [3.63, 3.8) is 0 Å². The maximum absolute atomic E-state index is 10.3. The van der Waals surface area contributed by atoms with Crippen LogP contribution in [-0.4, -0.2) is 22.9 Å². The smallest absolute Gasteiger partial charge is 0.101 e. The Morgan fingerprint density at radius 2 is 1.62 bits per heavy atom. The highest BCUT2D eigenvalue weighted by molar-refractivity contribution is 5.26. The van der Waals surface area contributed by atoms with E-state index in [1.165, 1.54) is 57.8 Å². The second-order valence-electron chi connectivity index (χ2n) is 13.0. The van der Waals surface area contributed by atoms with Gasteiger partial charge in [0.15, 0.2) is 0 Å². The van der Waals surface area contributed by atoms with Crippen molar-refractivity contribution in [3.8, 4) is 0 Å². The van der Waals surface area contributed by atoms with Crippen molar-refractivity contribution in [2.45, 2.75) is 123 Å². The molecule has 4 aliphatic carbocycles. The maximum Gasteiger partial charge on any atom is 0.101 e. The largest absolute Gasteiger partial charge is 0.393 e. The summed E-state index contributed by atoms with van der Waals surface area (Å²) in [6.45, 7) is 12.5. The molecule has 0 amide bonds. The van der Waals surface area contributed by atoms with E-state index in [0.717, 1.165) is 42.4 Å². The molecule has 29 heavy (non-hydrogen) atoms. The van der Waals surface area contributed by atoms with Crippen LogP contribution in [0.3, 0.4) is 0 Å². The topological polar surface area (TPSA) is 32.8 Å². The second kappa shape index (κ2) is 6.96. The molecule has 0 radical (unpaired) electrons. The van der Waals surface area contributed by atoms with E-state index in [-0.39, 0.29) is 11.7 Å². The van der Waals surface area contributed by atoms with Gasteiger partial charge in [0.25, 0.3) is 0 Å². The quantitative estimate of drug-likeness (QED) is 0.525. The van der Waals surface area contributed by atoms with Gasteiger partial charge >= 0.3 is 0 Å². The molecule has 5 fully saturated rings. The fourth-order valence-electron chi connectivity index (χ4n) is 9.65. The van der Waals surface area contributed by atoms with Gasteiger partial charge in [0, 0.05) is 0 Å². The number of aliphatic hydroxyl groups excluding tert-OH is 1. The molecular weight excluding hydrogens is 356 g/mol. The van der Waals surface area contributed by atoms with E-state index in [9.17, 15) is 5.11 Å². The summed E-state index contributed by atoms with van der Waals surface area (Å²) in [5, 5.41) is 10.3. The zero-order chi connectivity index (χ0) is 20.6. The Morgan fingerprint density at radius 1 is 0.897 bits per heavy atom. The SMILES string of the molecule is CC(C)CCCC(C)C1CCC2C1(C)CCC1C3(C)CCC(O)CC3CC3OC312. The minimum Gasteiger partial charge on any atom is -0.393 e. The summed E-state index contributed by atoms with van der Waals surface area (Å²) in [6.07, 6.45) is 14.8. The number of hydrogen-bond donors (Lipinski definition) is 1. The van der Waals surface area contributed by atoms with Crippen LogP contribution in [0.15, 0.2) is 0 Å². The van der Waals surface area contributed by atoms with Gasteiger partial charge in [-0.3, -0.25) is 0 Å². The first-order chi connectivity index (χ1) is 13.7. The van der Waals surface area contributed by atoms with Crippen LogP contribution in [0.5, 0.6) is 0 Å². The Balaban J connectivity index is 1.35. The Hall–Kier alpha value is -0.0800. The lowest BCUT2D eigenvalue weighted by molar-refractivity contribution is -0.118. The summed E-state index contributed by atoms with van der Waals surface area (Å²) in [7, 11) is 0. The number of aliphatic hydroxyl groups is 1. The van der Waals surface area contributed by atoms with Crippen LogP contribution in [0.25, 0.3) is 0 Å². The lowest BCUT2D eigenvalue weighted by Gasteiger charge is -2.59. The molecule has 1 N–H and O–H groups in total. The van der Waals surface area contributed by atoms with E-state index < -0.39 is 0 Å². The van der Waals surface area contributed by atoms with E-state index in [0.29, 0.717) is 22.9 Å². The Labute approximate surface area is 179 Å². The van der Waals surface area contributed by atoms with E-state index in [4.69, 9.17) is 4.74 Å². The van der Waals surface area contributed by atoms with Crippen LogP contribution in [0.2, 0.25) is 0 Å². The van der Waals surface area contributed by atoms with Gasteiger partial charge in [-0.15, -0.1) is 0 Å². The molecule has 5 rings (SSSR count). The van der Waals surface area contributed by atoms with Crippen molar-refractivity contribution in [3.05, 3.63) is 0 Å². The number of ether oxygens (including phenoxy) is 1. The summed E-state index contributed by atoms with van der Waals surface area (Å²) < 4.78 is 6.80. The highest BCUT2D eigenvalue weighted by Crippen LogP contribution is 2.76. The van der Waals surface area contributed by atoms with Gasteiger partial charge in [-0.25, -0.2) is 0 Å². The van der Waals surface area contributed by atoms with E-state index in [1.807, 2.05) is 0 Å². The first-order valence-corrected chi connectivity index (χ1v) is 13.1. The van der Waals surface area contributed by atoms with Crippen molar-refractivity contribution < 1.29 is 9.84 Å². The van der Waals surface area contributed by atoms with Gasteiger partial charge in [0.1, 0.15) is 5.60 Å². The van der Waals surface area contributed by atoms with Gasteiger partial charge in [-0.2, -0.15) is 0 Å². The lowest BCUT2D eigenvalue weighted by atomic mass is 9.44. The summed E-state index contributed by atoms with van der Waals surface area (Å²) in [4.78, 5) is 0. The molecule has 5 aliphatic rings. The molecule has 0 bridgehead atoms. The molecular formula is C27H46O2.